The Morgan fingerprint density at radius 3 is 2.40 bits per heavy atom. The highest BCUT2D eigenvalue weighted by molar-refractivity contribution is 5.99. The molecule has 2 rings (SSSR count). The summed E-state index contributed by atoms with van der Waals surface area (Å²) in [5.74, 6) is -1.01. The Labute approximate surface area is 115 Å². The third kappa shape index (κ3) is 3.35. The summed E-state index contributed by atoms with van der Waals surface area (Å²) in [7, 11) is 0. The number of carbonyl (C=O) groups excluding carboxylic acids is 1. The van der Waals surface area contributed by atoms with Gasteiger partial charge in [-0.05, 0) is 31.2 Å². The zero-order valence-corrected chi connectivity index (χ0v) is 10.8. The average molecular weight is 274 g/mol. The summed E-state index contributed by atoms with van der Waals surface area (Å²) >= 11 is 0. The normalized spacial score (nSPS) is 10.1. The molecule has 1 heterocycles. The standard InChI is InChI=1S/C13H14N4O3/c1-2-17-8-11(7-14-17)16-13(20)15-10-5-3-9(4-6-10)12(18)19/h3-8H,2H2,1H3,(H,18,19)(H2,15,16,20). The van der Waals surface area contributed by atoms with Crippen molar-refractivity contribution in [3.63, 3.8) is 0 Å². The first-order valence-corrected chi connectivity index (χ1v) is 6.02. The fraction of sp³-hybridized carbons (Fsp3) is 0.154. The number of nitrogens with zero attached hydrogens (tertiary/aromatic N) is 2. The molecule has 0 spiro atoms. The molecule has 0 aliphatic rings. The van der Waals surface area contributed by atoms with E-state index in [9.17, 15) is 9.59 Å². The molecule has 7 heteroatoms. The third-order valence-electron chi connectivity index (χ3n) is 2.60. The van der Waals surface area contributed by atoms with Gasteiger partial charge in [0, 0.05) is 18.4 Å². The van der Waals surface area contributed by atoms with Crippen LogP contribution in [0.2, 0.25) is 0 Å². The van der Waals surface area contributed by atoms with Gasteiger partial charge in [-0.3, -0.25) is 4.68 Å². The molecular formula is C13H14N4O3. The molecule has 104 valence electrons. The van der Waals surface area contributed by atoms with Crippen molar-refractivity contribution in [1.82, 2.24) is 9.78 Å². The van der Waals surface area contributed by atoms with E-state index < -0.39 is 12.0 Å². The molecule has 3 N–H and O–H groups in total. The number of hydrogen-bond donors (Lipinski definition) is 3. The van der Waals surface area contributed by atoms with E-state index in [1.54, 1.807) is 17.1 Å². The largest absolute Gasteiger partial charge is 0.478 e. The number of rotatable bonds is 4. The van der Waals surface area contributed by atoms with Gasteiger partial charge in [-0.2, -0.15) is 5.10 Å². The lowest BCUT2D eigenvalue weighted by Crippen LogP contribution is -2.19. The number of nitrogens with one attached hydrogen (secondary N) is 2. The molecule has 0 fully saturated rings. The van der Waals surface area contributed by atoms with E-state index >= 15 is 0 Å². The number of carbonyl (C=O) groups is 2. The first-order chi connectivity index (χ1) is 9.58. The molecule has 0 atom stereocenters. The Bertz CT molecular complexity index is 619. The van der Waals surface area contributed by atoms with E-state index in [0.717, 1.165) is 6.54 Å². The van der Waals surface area contributed by atoms with Crippen LogP contribution in [-0.2, 0) is 6.54 Å². The maximum absolute atomic E-state index is 11.7. The van der Waals surface area contributed by atoms with Gasteiger partial charge in [0.1, 0.15) is 0 Å². The van der Waals surface area contributed by atoms with Crippen LogP contribution < -0.4 is 10.6 Å². The summed E-state index contributed by atoms with van der Waals surface area (Å²) in [6.07, 6.45) is 3.27. The van der Waals surface area contributed by atoms with Crippen molar-refractivity contribution in [1.29, 1.82) is 0 Å². The highest BCUT2D eigenvalue weighted by Gasteiger charge is 2.06. The molecule has 0 radical (unpaired) electrons. The number of carboxylic acids is 1. The first kappa shape index (κ1) is 13.6. The number of benzene rings is 1. The molecule has 2 aromatic rings. The second-order valence-corrected chi connectivity index (χ2v) is 4.05. The molecule has 0 saturated heterocycles. The molecule has 20 heavy (non-hydrogen) atoms. The Morgan fingerprint density at radius 1 is 1.20 bits per heavy atom. The number of urea groups is 1. The van der Waals surface area contributed by atoms with Gasteiger partial charge >= 0.3 is 12.0 Å². The van der Waals surface area contributed by atoms with E-state index in [0.29, 0.717) is 11.4 Å². The van der Waals surface area contributed by atoms with E-state index in [1.807, 2.05) is 6.92 Å². The summed E-state index contributed by atoms with van der Waals surface area (Å²) in [5.41, 5.74) is 1.27. The molecule has 0 aliphatic carbocycles. The van der Waals surface area contributed by atoms with Crippen LogP contribution in [-0.4, -0.2) is 26.9 Å². The lowest BCUT2D eigenvalue weighted by Gasteiger charge is -2.06. The smallest absolute Gasteiger partial charge is 0.335 e. The summed E-state index contributed by atoms with van der Waals surface area (Å²) in [4.78, 5) is 22.4. The Morgan fingerprint density at radius 2 is 1.85 bits per heavy atom. The molecule has 1 aromatic heterocycles. The molecule has 1 aromatic carbocycles. The van der Waals surface area contributed by atoms with Crippen LogP contribution in [0.5, 0.6) is 0 Å². The lowest BCUT2D eigenvalue weighted by molar-refractivity contribution is 0.0697. The lowest BCUT2D eigenvalue weighted by atomic mass is 10.2. The predicted octanol–water partition coefficient (Wildman–Crippen LogP) is 2.25. The SMILES string of the molecule is CCn1cc(NC(=O)Nc2ccc(C(=O)O)cc2)cn1. The molecule has 0 saturated carbocycles. The Balaban J connectivity index is 1.95. The van der Waals surface area contributed by atoms with Crippen molar-refractivity contribution in [3.05, 3.63) is 42.2 Å². The summed E-state index contributed by atoms with van der Waals surface area (Å²) in [6.45, 7) is 2.67. The van der Waals surface area contributed by atoms with Gasteiger partial charge in [-0.1, -0.05) is 0 Å². The van der Waals surface area contributed by atoms with Crippen LogP contribution in [0.3, 0.4) is 0 Å². The van der Waals surface area contributed by atoms with Crippen molar-refractivity contribution >= 4 is 23.4 Å². The van der Waals surface area contributed by atoms with Crippen LogP contribution >= 0.6 is 0 Å². The summed E-state index contributed by atoms with van der Waals surface area (Å²) < 4.78 is 1.69. The van der Waals surface area contributed by atoms with Crippen LogP contribution in [0, 0.1) is 0 Å². The topological polar surface area (TPSA) is 96.2 Å². The fourth-order valence-electron chi connectivity index (χ4n) is 1.59. The minimum absolute atomic E-state index is 0.167. The molecule has 2 amide bonds. The second-order valence-electron chi connectivity index (χ2n) is 4.05. The molecular weight excluding hydrogens is 260 g/mol. The van der Waals surface area contributed by atoms with Crippen LogP contribution in [0.1, 0.15) is 17.3 Å². The van der Waals surface area contributed by atoms with Crippen LogP contribution in [0.25, 0.3) is 0 Å². The van der Waals surface area contributed by atoms with Gasteiger partial charge in [-0.25, -0.2) is 9.59 Å². The third-order valence-corrected chi connectivity index (χ3v) is 2.60. The molecule has 0 bridgehead atoms. The number of hydrogen-bond acceptors (Lipinski definition) is 3. The first-order valence-electron chi connectivity index (χ1n) is 6.02. The van der Waals surface area contributed by atoms with Gasteiger partial charge in [0.25, 0.3) is 0 Å². The van der Waals surface area contributed by atoms with Crippen molar-refractivity contribution < 1.29 is 14.7 Å². The van der Waals surface area contributed by atoms with Gasteiger partial charge in [0.05, 0.1) is 17.4 Å². The average Bonchev–Trinajstić information content (AvgIpc) is 2.86. The molecule has 0 aliphatic heterocycles. The fourth-order valence-corrected chi connectivity index (χ4v) is 1.59. The molecule has 7 nitrogen and oxygen atoms in total. The Hall–Kier alpha value is -2.83. The minimum atomic E-state index is -1.01. The maximum atomic E-state index is 11.7. The van der Waals surface area contributed by atoms with E-state index in [4.69, 9.17) is 5.11 Å². The second kappa shape index (κ2) is 5.87. The van der Waals surface area contributed by atoms with Crippen molar-refractivity contribution in [2.24, 2.45) is 0 Å². The van der Waals surface area contributed by atoms with Gasteiger partial charge in [0.2, 0.25) is 0 Å². The summed E-state index contributed by atoms with van der Waals surface area (Å²) in [6, 6.07) is 5.49. The zero-order chi connectivity index (χ0) is 14.5. The van der Waals surface area contributed by atoms with Gasteiger partial charge < -0.3 is 15.7 Å². The van der Waals surface area contributed by atoms with E-state index in [2.05, 4.69) is 15.7 Å². The minimum Gasteiger partial charge on any atom is -0.478 e. The Kier molecular flexibility index (Phi) is 3.99. The van der Waals surface area contributed by atoms with Crippen LogP contribution in [0.4, 0.5) is 16.2 Å². The summed E-state index contributed by atoms with van der Waals surface area (Å²) in [5, 5.41) is 18.0. The van der Waals surface area contributed by atoms with Gasteiger partial charge in [-0.15, -0.1) is 0 Å². The quantitative estimate of drug-likeness (QED) is 0.796. The highest BCUT2D eigenvalue weighted by atomic mass is 16.4. The van der Waals surface area contributed by atoms with Gasteiger partial charge in [0.15, 0.2) is 0 Å². The number of amides is 2. The van der Waals surface area contributed by atoms with Crippen molar-refractivity contribution in [2.75, 3.05) is 10.6 Å². The van der Waals surface area contributed by atoms with Crippen LogP contribution in [0.15, 0.2) is 36.7 Å². The van der Waals surface area contributed by atoms with E-state index in [1.165, 1.54) is 24.3 Å². The van der Waals surface area contributed by atoms with E-state index in [-0.39, 0.29) is 5.56 Å². The number of aromatic carboxylic acids is 1. The molecule has 0 unspecified atom stereocenters. The number of aromatic nitrogens is 2. The van der Waals surface area contributed by atoms with Crippen molar-refractivity contribution in [3.8, 4) is 0 Å². The van der Waals surface area contributed by atoms with Crippen molar-refractivity contribution in [2.45, 2.75) is 13.5 Å². The number of carboxylic acid groups (broad SMARTS) is 1. The zero-order valence-electron chi connectivity index (χ0n) is 10.8. The number of aryl methyl sites for hydroxylation is 1. The highest BCUT2D eigenvalue weighted by Crippen LogP contribution is 2.11. The monoisotopic (exact) mass is 274 g/mol. The maximum Gasteiger partial charge on any atom is 0.335 e. The predicted molar refractivity (Wildman–Crippen MR) is 73.9 cm³/mol. The number of anilines is 2.